The van der Waals surface area contributed by atoms with Crippen LogP contribution in [0.15, 0.2) is 18.3 Å². The number of pyridine rings is 1. The highest BCUT2D eigenvalue weighted by atomic mass is 32.2. The molecule has 3 heterocycles. The topological polar surface area (TPSA) is 84.6 Å². The van der Waals surface area contributed by atoms with Crippen molar-refractivity contribution in [2.24, 2.45) is 0 Å². The number of hydrogen-bond donors (Lipinski definition) is 1. The summed E-state index contributed by atoms with van der Waals surface area (Å²) in [5.41, 5.74) is 0.613. The summed E-state index contributed by atoms with van der Waals surface area (Å²) in [7, 11) is -2.94. The molecule has 6 nitrogen and oxygen atoms in total. The number of nitrogens with zero attached hydrogens (tertiary/aromatic N) is 3. The van der Waals surface area contributed by atoms with E-state index < -0.39 is 9.84 Å². The molecule has 1 atom stereocenters. The molecule has 2 aromatic heterocycles. The first-order chi connectivity index (χ1) is 8.05. The fourth-order valence-corrected chi connectivity index (χ4v) is 3.91. The molecular formula is C10H11N3O3S. The van der Waals surface area contributed by atoms with E-state index in [9.17, 15) is 13.5 Å². The Labute approximate surface area is 97.8 Å². The van der Waals surface area contributed by atoms with Crippen LogP contribution in [0, 0.1) is 0 Å². The molecule has 0 aromatic carbocycles. The van der Waals surface area contributed by atoms with Crippen LogP contribution in [0.1, 0.15) is 18.2 Å². The molecule has 1 saturated heterocycles. The standard InChI is InChI=1S/C10H11N3O3S/c14-8-1-2-9-11-12-10(13(9)5-8)7-3-4-17(15,16)6-7/h1-2,5,7,14H,3-4,6H2. The van der Waals surface area contributed by atoms with E-state index in [1.165, 1.54) is 12.3 Å². The maximum atomic E-state index is 11.4. The van der Waals surface area contributed by atoms with Crippen molar-refractivity contribution in [2.75, 3.05) is 11.5 Å². The second-order valence-corrected chi connectivity index (χ2v) is 6.50. The maximum absolute atomic E-state index is 11.4. The molecule has 1 N–H and O–H groups in total. The Morgan fingerprint density at radius 1 is 1.35 bits per heavy atom. The Morgan fingerprint density at radius 3 is 2.88 bits per heavy atom. The highest BCUT2D eigenvalue weighted by molar-refractivity contribution is 7.91. The van der Waals surface area contributed by atoms with Gasteiger partial charge in [0.05, 0.1) is 17.7 Å². The van der Waals surface area contributed by atoms with Crippen LogP contribution in [0.4, 0.5) is 0 Å². The number of aromatic hydroxyl groups is 1. The Morgan fingerprint density at radius 2 is 2.18 bits per heavy atom. The van der Waals surface area contributed by atoms with Gasteiger partial charge in [0.15, 0.2) is 15.5 Å². The van der Waals surface area contributed by atoms with Crippen molar-refractivity contribution in [3.8, 4) is 5.75 Å². The lowest BCUT2D eigenvalue weighted by atomic mass is 10.1. The highest BCUT2D eigenvalue weighted by Gasteiger charge is 2.32. The zero-order valence-corrected chi connectivity index (χ0v) is 9.76. The predicted molar refractivity (Wildman–Crippen MR) is 60.7 cm³/mol. The molecule has 17 heavy (non-hydrogen) atoms. The highest BCUT2D eigenvalue weighted by Crippen LogP contribution is 2.28. The summed E-state index contributed by atoms with van der Waals surface area (Å²) in [5.74, 6) is 0.905. The molecule has 3 rings (SSSR count). The van der Waals surface area contributed by atoms with Gasteiger partial charge in [-0.05, 0) is 18.6 Å². The van der Waals surface area contributed by atoms with E-state index in [4.69, 9.17) is 0 Å². The number of hydrogen-bond acceptors (Lipinski definition) is 5. The van der Waals surface area contributed by atoms with Gasteiger partial charge in [0.1, 0.15) is 11.6 Å². The molecule has 90 valence electrons. The van der Waals surface area contributed by atoms with Crippen molar-refractivity contribution in [1.82, 2.24) is 14.6 Å². The normalized spacial score (nSPS) is 23.2. The molecule has 0 bridgehead atoms. The minimum atomic E-state index is -2.94. The zero-order chi connectivity index (χ0) is 12.0. The van der Waals surface area contributed by atoms with Gasteiger partial charge in [0.25, 0.3) is 0 Å². The van der Waals surface area contributed by atoms with E-state index in [1.54, 1.807) is 10.5 Å². The Balaban J connectivity index is 2.09. The summed E-state index contributed by atoms with van der Waals surface area (Å²) in [5, 5.41) is 17.4. The average molecular weight is 253 g/mol. The largest absolute Gasteiger partial charge is 0.506 e. The Hall–Kier alpha value is -1.63. The Kier molecular flexibility index (Phi) is 2.12. The molecule has 0 amide bonds. The van der Waals surface area contributed by atoms with Crippen LogP contribution in [-0.2, 0) is 9.84 Å². The van der Waals surface area contributed by atoms with Gasteiger partial charge in [-0.15, -0.1) is 10.2 Å². The van der Waals surface area contributed by atoms with Crippen LogP contribution in [0.25, 0.3) is 5.65 Å². The minimum Gasteiger partial charge on any atom is -0.506 e. The molecule has 7 heteroatoms. The van der Waals surface area contributed by atoms with Crippen LogP contribution in [0.2, 0.25) is 0 Å². The van der Waals surface area contributed by atoms with Gasteiger partial charge in [0, 0.05) is 5.92 Å². The van der Waals surface area contributed by atoms with Crippen LogP contribution in [0.5, 0.6) is 5.75 Å². The summed E-state index contributed by atoms with van der Waals surface area (Å²) in [4.78, 5) is 0. The van der Waals surface area contributed by atoms with Crippen molar-refractivity contribution >= 4 is 15.5 Å². The molecule has 1 unspecified atom stereocenters. The lowest BCUT2D eigenvalue weighted by Gasteiger charge is -2.05. The number of rotatable bonds is 1. The summed E-state index contributed by atoms with van der Waals surface area (Å²) >= 11 is 0. The van der Waals surface area contributed by atoms with E-state index in [0.717, 1.165) is 0 Å². The van der Waals surface area contributed by atoms with Gasteiger partial charge in [0.2, 0.25) is 0 Å². The third-order valence-corrected chi connectivity index (χ3v) is 4.78. The second kappa shape index (κ2) is 3.43. The third-order valence-electron chi connectivity index (χ3n) is 3.01. The van der Waals surface area contributed by atoms with E-state index in [2.05, 4.69) is 10.2 Å². The van der Waals surface area contributed by atoms with Crippen molar-refractivity contribution in [3.05, 3.63) is 24.2 Å². The smallest absolute Gasteiger partial charge is 0.161 e. The Bertz CT molecular complexity index is 677. The summed E-state index contributed by atoms with van der Waals surface area (Å²) < 4.78 is 24.5. The van der Waals surface area contributed by atoms with Crippen molar-refractivity contribution in [1.29, 1.82) is 0 Å². The SMILES string of the molecule is O=S1(=O)CCC(c2nnc3ccc(O)cn23)C1. The first-order valence-electron chi connectivity index (χ1n) is 5.29. The zero-order valence-electron chi connectivity index (χ0n) is 8.94. The van der Waals surface area contributed by atoms with Crippen LogP contribution in [-0.4, -0.2) is 39.6 Å². The number of fused-ring (bicyclic) bond motifs is 1. The molecule has 0 saturated carbocycles. The summed E-state index contributed by atoms with van der Waals surface area (Å²) in [6.07, 6.45) is 2.08. The van der Waals surface area contributed by atoms with Crippen molar-refractivity contribution in [3.63, 3.8) is 0 Å². The fourth-order valence-electron chi connectivity index (χ4n) is 2.17. The van der Waals surface area contributed by atoms with E-state index >= 15 is 0 Å². The van der Waals surface area contributed by atoms with Gasteiger partial charge in [-0.1, -0.05) is 0 Å². The quantitative estimate of drug-likeness (QED) is 0.792. The van der Waals surface area contributed by atoms with Gasteiger partial charge < -0.3 is 5.11 Å². The number of sulfone groups is 1. The third kappa shape index (κ3) is 1.76. The van der Waals surface area contributed by atoms with Gasteiger partial charge in [-0.25, -0.2) is 8.42 Å². The molecule has 0 spiro atoms. The van der Waals surface area contributed by atoms with Gasteiger partial charge >= 0.3 is 0 Å². The van der Waals surface area contributed by atoms with Gasteiger partial charge in [-0.3, -0.25) is 4.40 Å². The van der Waals surface area contributed by atoms with Crippen LogP contribution in [0.3, 0.4) is 0 Å². The first kappa shape index (κ1) is 10.5. The molecule has 2 aromatic rings. The molecule has 1 aliphatic heterocycles. The molecular weight excluding hydrogens is 242 g/mol. The number of aromatic nitrogens is 3. The van der Waals surface area contributed by atoms with Gasteiger partial charge in [-0.2, -0.15) is 0 Å². The van der Waals surface area contributed by atoms with Crippen LogP contribution >= 0.6 is 0 Å². The first-order valence-corrected chi connectivity index (χ1v) is 7.11. The van der Waals surface area contributed by atoms with Crippen LogP contribution < -0.4 is 0 Å². The lowest BCUT2D eigenvalue weighted by molar-refractivity contribution is 0.471. The summed E-state index contributed by atoms with van der Waals surface area (Å²) in [6.45, 7) is 0. The lowest BCUT2D eigenvalue weighted by Crippen LogP contribution is -2.07. The second-order valence-electron chi connectivity index (χ2n) is 4.27. The molecule has 1 aliphatic rings. The van der Waals surface area contributed by atoms with Crippen molar-refractivity contribution < 1.29 is 13.5 Å². The fraction of sp³-hybridized carbons (Fsp3) is 0.400. The van der Waals surface area contributed by atoms with Crippen molar-refractivity contribution in [2.45, 2.75) is 12.3 Å². The van der Waals surface area contributed by atoms with E-state index in [1.807, 2.05) is 0 Å². The van der Waals surface area contributed by atoms with E-state index in [0.29, 0.717) is 17.9 Å². The summed E-state index contributed by atoms with van der Waals surface area (Å²) in [6, 6.07) is 3.18. The monoisotopic (exact) mass is 253 g/mol. The van der Waals surface area contributed by atoms with E-state index in [-0.39, 0.29) is 23.2 Å². The minimum absolute atomic E-state index is 0.111. The molecule has 0 aliphatic carbocycles. The average Bonchev–Trinajstić information content (AvgIpc) is 2.81. The maximum Gasteiger partial charge on any atom is 0.161 e. The predicted octanol–water partition coefficient (Wildman–Crippen LogP) is 0.337. The molecule has 1 fully saturated rings. The molecule has 0 radical (unpaired) electrons.